The Morgan fingerprint density at radius 1 is 1.20 bits per heavy atom. The van der Waals surface area contributed by atoms with Crippen LogP contribution < -0.4 is 10.5 Å². The number of anilines is 1. The second kappa shape index (κ2) is 11.4. The maximum atomic E-state index is 14.0. The number of hydrogen-bond acceptors (Lipinski definition) is 8. The minimum absolute atomic E-state index is 0.00582. The molecule has 1 amide bonds. The molecule has 0 radical (unpaired) electrons. The van der Waals surface area contributed by atoms with Gasteiger partial charge in [-0.15, -0.1) is 0 Å². The van der Waals surface area contributed by atoms with E-state index in [9.17, 15) is 18.8 Å². The molecule has 1 aliphatic rings. The Labute approximate surface area is 233 Å². The number of carbonyl (C=O) groups excluding carboxylic acids is 1. The predicted octanol–water partition coefficient (Wildman–Crippen LogP) is 5.00. The van der Waals surface area contributed by atoms with Crippen molar-refractivity contribution in [3.63, 3.8) is 0 Å². The van der Waals surface area contributed by atoms with Gasteiger partial charge in [0.05, 0.1) is 11.9 Å². The molecular formula is C29H24F2N8O2. The lowest BCUT2D eigenvalue weighted by Gasteiger charge is -2.27. The van der Waals surface area contributed by atoms with Gasteiger partial charge in [0.1, 0.15) is 41.4 Å². The highest BCUT2D eigenvalue weighted by Crippen LogP contribution is 2.33. The highest BCUT2D eigenvalue weighted by molar-refractivity contribution is 5.99. The molecule has 0 bridgehead atoms. The van der Waals surface area contributed by atoms with Gasteiger partial charge in [0.2, 0.25) is 5.82 Å². The Balaban J connectivity index is 1.47. The first kappa shape index (κ1) is 27.1. The Hall–Kier alpha value is -5.44. The number of amides is 1. The number of rotatable bonds is 7. The third kappa shape index (κ3) is 5.51. The number of nitrogens with two attached hydrogens (primary N) is 1. The minimum Gasteiger partial charge on any atom is -0.454 e. The molecule has 2 aromatic heterocycles. The molecule has 1 aliphatic heterocycles. The summed E-state index contributed by atoms with van der Waals surface area (Å²) in [5.74, 6) is -2.32. The van der Waals surface area contributed by atoms with Crippen molar-refractivity contribution in [2.75, 3.05) is 5.73 Å². The highest BCUT2D eigenvalue weighted by Gasteiger charge is 2.28. The molecule has 0 fully saturated rings. The van der Waals surface area contributed by atoms with Crippen LogP contribution in [0.15, 0.2) is 77.7 Å². The van der Waals surface area contributed by atoms with Crippen molar-refractivity contribution in [2.45, 2.75) is 26.6 Å². The standard InChI is InChI=1S/C29H24F2N8O2/c1-17(2)13-19(14-32)29(40)38-12-4-11-34-23(38)15-39-28-24(27(33)35-16-36-28)26(37-39)18-7-9-20(10-8-18)41-22-6-3-5-21(30)25(22)31/h3-13,16-17,23H,15H2,1-2H3,(H2,33,35,36)/b19-13-/t23-/m1/s1. The van der Waals surface area contributed by atoms with Gasteiger partial charge in [-0.1, -0.05) is 26.0 Å². The first-order valence-electron chi connectivity index (χ1n) is 12.6. The Kier molecular flexibility index (Phi) is 7.51. The molecule has 206 valence electrons. The normalized spacial score (nSPS) is 15.0. The average Bonchev–Trinajstić information content (AvgIpc) is 3.34. The highest BCUT2D eigenvalue weighted by atomic mass is 19.2. The van der Waals surface area contributed by atoms with Gasteiger partial charge in [-0.05, 0) is 48.4 Å². The van der Waals surface area contributed by atoms with Crippen LogP contribution in [0.2, 0.25) is 0 Å². The lowest BCUT2D eigenvalue weighted by molar-refractivity contribution is -0.126. The molecule has 0 spiro atoms. The van der Waals surface area contributed by atoms with Crippen molar-refractivity contribution in [3.05, 3.63) is 84.4 Å². The van der Waals surface area contributed by atoms with E-state index >= 15 is 0 Å². The molecule has 0 saturated carbocycles. The summed E-state index contributed by atoms with van der Waals surface area (Å²) in [7, 11) is 0. The van der Waals surface area contributed by atoms with Crippen LogP contribution in [0.3, 0.4) is 0 Å². The van der Waals surface area contributed by atoms with Crippen LogP contribution in [-0.2, 0) is 11.3 Å². The summed E-state index contributed by atoms with van der Waals surface area (Å²) in [6, 6.07) is 12.2. The van der Waals surface area contributed by atoms with Gasteiger partial charge in [0, 0.05) is 18.0 Å². The fourth-order valence-corrected chi connectivity index (χ4v) is 4.30. The van der Waals surface area contributed by atoms with Crippen molar-refractivity contribution >= 4 is 29.0 Å². The maximum Gasteiger partial charge on any atom is 0.269 e. The van der Waals surface area contributed by atoms with E-state index in [1.54, 1.807) is 53.5 Å². The number of nitrogens with zero attached hydrogens (tertiary/aromatic N) is 7. The van der Waals surface area contributed by atoms with E-state index in [2.05, 4.69) is 15.0 Å². The SMILES string of the molecule is CC(C)/C=C(/C#N)C(=O)N1C=CC=N[C@H]1Cn1nc(-c2ccc(Oc3cccc(F)c3F)cc2)c2c(N)ncnc21. The summed E-state index contributed by atoms with van der Waals surface area (Å²) in [5, 5.41) is 14.8. The molecular weight excluding hydrogens is 530 g/mol. The largest absolute Gasteiger partial charge is 0.454 e. The molecule has 1 atom stereocenters. The lowest BCUT2D eigenvalue weighted by atomic mass is 10.1. The fraction of sp³-hybridized carbons (Fsp3) is 0.172. The van der Waals surface area contributed by atoms with Gasteiger partial charge in [0.25, 0.3) is 5.91 Å². The van der Waals surface area contributed by atoms with Crippen LogP contribution in [0, 0.1) is 28.9 Å². The van der Waals surface area contributed by atoms with Crippen LogP contribution in [0.25, 0.3) is 22.3 Å². The molecule has 2 aromatic carbocycles. The number of fused-ring (bicyclic) bond motifs is 1. The number of aromatic nitrogens is 4. The van der Waals surface area contributed by atoms with E-state index in [0.29, 0.717) is 22.3 Å². The van der Waals surface area contributed by atoms with Gasteiger partial charge in [-0.25, -0.2) is 19.0 Å². The summed E-state index contributed by atoms with van der Waals surface area (Å²) >= 11 is 0. The molecule has 0 unspecified atom stereocenters. The van der Waals surface area contributed by atoms with E-state index in [0.717, 1.165) is 6.07 Å². The Bertz CT molecular complexity index is 1750. The molecule has 3 heterocycles. The van der Waals surface area contributed by atoms with Crippen LogP contribution >= 0.6 is 0 Å². The van der Waals surface area contributed by atoms with Crippen molar-refractivity contribution in [1.29, 1.82) is 5.26 Å². The zero-order valence-corrected chi connectivity index (χ0v) is 22.1. The third-order valence-electron chi connectivity index (χ3n) is 6.16. The molecule has 2 N–H and O–H groups in total. The van der Waals surface area contributed by atoms with Crippen molar-refractivity contribution in [1.82, 2.24) is 24.6 Å². The summed E-state index contributed by atoms with van der Waals surface area (Å²) in [6.07, 6.45) is 6.98. The molecule has 12 heteroatoms. The fourth-order valence-electron chi connectivity index (χ4n) is 4.30. The van der Waals surface area contributed by atoms with Gasteiger partial charge < -0.3 is 10.5 Å². The first-order valence-corrected chi connectivity index (χ1v) is 12.6. The number of nitrogen functional groups attached to an aromatic ring is 1. The third-order valence-corrected chi connectivity index (χ3v) is 6.16. The molecule has 10 nitrogen and oxygen atoms in total. The number of hydrogen-bond donors (Lipinski definition) is 1. The van der Waals surface area contributed by atoms with E-state index in [-0.39, 0.29) is 35.4 Å². The topological polar surface area (TPSA) is 135 Å². The van der Waals surface area contributed by atoms with Gasteiger partial charge in [0.15, 0.2) is 17.2 Å². The number of carbonyl (C=O) groups is 1. The van der Waals surface area contributed by atoms with Crippen molar-refractivity contribution in [3.8, 4) is 28.8 Å². The number of halogens is 2. The number of aliphatic imine (C=N–C) groups is 1. The smallest absolute Gasteiger partial charge is 0.269 e. The van der Waals surface area contributed by atoms with Crippen LogP contribution in [-0.4, -0.2) is 42.9 Å². The van der Waals surface area contributed by atoms with Crippen LogP contribution in [0.4, 0.5) is 14.6 Å². The monoisotopic (exact) mass is 554 g/mol. The molecule has 4 aromatic rings. The summed E-state index contributed by atoms with van der Waals surface area (Å²) in [5.41, 5.74) is 7.77. The van der Waals surface area contributed by atoms with Crippen LogP contribution in [0.5, 0.6) is 11.5 Å². The van der Waals surface area contributed by atoms with Gasteiger partial charge >= 0.3 is 0 Å². The maximum absolute atomic E-state index is 14.0. The average molecular weight is 555 g/mol. The summed E-state index contributed by atoms with van der Waals surface area (Å²) in [6.45, 7) is 3.87. The summed E-state index contributed by atoms with van der Waals surface area (Å²) in [4.78, 5) is 27.5. The number of ether oxygens (including phenoxy) is 1. The molecule has 41 heavy (non-hydrogen) atoms. The Morgan fingerprint density at radius 2 is 1.98 bits per heavy atom. The lowest BCUT2D eigenvalue weighted by Crippen LogP contribution is -2.40. The molecule has 5 rings (SSSR count). The van der Waals surface area contributed by atoms with E-state index in [1.807, 2.05) is 19.9 Å². The number of benzene rings is 2. The molecule has 0 saturated heterocycles. The number of allylic oxidation sites excluding steroid dienone is 2. The predicted molar refractivity (Wildman–Crippen MR) is 148 cm³/mol. The van der Waals surface area contributed by atoms with E-state index < -0.39 is 23.7 Å². The van der Waals surface area contributed by atoms with Gasteiger partial charge in [-0.3, -0.25) is 14.7 Å². The number of nitriles is 1. The van der Waals surface area contributed by atoms with E-state index in [1.165, 1.54) is 23.4 Å². The first-order chi connectivity index (χ1) is 19.8. The van der Waals surface area contributed by atoms with Crippen molar-refractivity contribution < 1.29 is 18.3 Å². The van der Waals surface area contributed by atoms with Crippen molar-refractivity contribution in [2.24, 2.45) is 10.9 Å². The second-order valence-electron chi connectivity index (χ2n) is 9.44. The quantitative estimate of drug-likeness (QED) is 0.251. The minimum atomic E-state index is -1.08. The zero-order chi connectivity index (χ0) is 29.1. The van der Waals surface area contributed by atoms with Crippen LogP contribution in [0.1, 0.15) is 13.8 Å². The van der Waals surface area contributed by atoms with E-state index in [4.69, 9.17) is 15.6 Å². The Morgan fingerprint density at radius 3 is 2.71 bits per heavy atom. The van der Waals surface area contributed by atoms with Gasteiger partial charge in [-0.2, -0.15) is 14.8 Å². The molecule has 0 aliphatic carbocycles. The second-order valence-corrected chi connectivity index (χ2v) is 9.44. The summed E-state index contributed by atoms with van der Waals surface area (Å²) < 4.78 is 34.7. The zero-order valence-electron chi connectivity index (χ0n) is 22.1.